The van der Waals surface area contributed by atoms with E-state index in [1.165, 1.54) is 0 Å². The summed E-state index contributed by atoms with van der Waals surface area (Å²) in [4.78, 5) is 15.8. The standard InChI is InChI=1S/C28H33NO5/c1-14-17-11-18-21-26-10-4-9-25(2)13-29(21)28(32,24(25)26)12-27(18,20(26)19(17)30)22(14)34-23(31)15-5-7-16(33-3)8-6-15/h5-8,17-22,24,30,32H,1,4,9-13H2,2-3H3/t17-,18-,19+,20+,21-,22-,24-,25+,26+,27-,28-/m1/s1. The number of methoxy groups -OCH3 is 1. The van der Waals surface area contributed by atoms with Crippen LogP contribution in [0.25, 0.3) is 0 Å². The van der Waals surface area contributed by atoms with Crippen molar-refractivity contribution in [2.24, 2.45) is 39.9 Å². The minimum atomic E-state index is -0.859. The number of benzene rings is 1. The van der Waals surface area contributed by atoms with Crippen molar-refractivity contribution in [1.29, 1.82) is 0 Å². The molecule has 9 aliphatic rings. The van der Waals surface area contributed by atoms with E-state index < -0.39 is 23.3 Å². The molecule has 1 aromatic rings. The van der Waals surface area contributed by atoms with Crippen LogP contribution in [-0.4, -0.2) is 58.7 Å². The molecule has 0 aromatic heterocycles. The molecule has 10 rings (SSSR count). The second kappa shape index (κ2) is 5.74. The number of aliphatic hydroxyl groups is 2. The molecule has 6 aliphatic carbocycles. The van der Waals surface area contributed by atoms with Gasteiger partial charge in [-0.3, -0.25) is 4.90 Å². The molecular weight excluding hydrogens is 430 g/mol. The Balaban J connectivity index is 1.25. The predicted molar refractivity (Wildman–Crippen MR) is 123 cm³/mol. The first-order valence-corrected chi connectivity index (χ1v) is 12.9. The van der Waals surface area contributed by atoms with Gasteiger partial charge in [-0.1, -0.05) is 19.9 Å². The molecule has 180 valence electrons. The van der Waals surface area contributed by atoms with Gasteiger partial charge in [0.15, 0.2) is 0 Å². The molecule has 6 heteroatoms. The number of rotatable bonds is 3. The second-order valence-corrected chi connectivity index (χ2v) is 12.8. The quantitative estimate of drug-likeness (QED) is 0.530. The third-order valence-electron chi connectivity index (χ3n) is 11.9. The lowest BCUT2D eigenvalue weighted by Crippen LogP contribution is -2.72. The maximum Gasteiger partial charge on any atom is 0.338 e. The van der Waals surface area contributed by atoms with Crippen molar-refractivity contribution in [3.63, 3.8) is 0 Å². The van der Waals surface area contributed by atoms with E-state index in [1.807, 2.05) is 0 Å². The number of piperidine rings is 2. The Labute approximate surface area is 199 Å². The van der Waals surface area contributed by atoms with Gasteiger partial charge in [-0.05, 0) is 65.8 Å². The first-order chi connectivity index (χ1) is 16.2. The number of nitrogens with zero attached hydrogens (tertiary/aromatic N) is 1. The molecule has 9 bridgehead atoms. The lowest BCUT2D eigenvalue weighted by atomic mass is 9.39. The third kappa shape index (κ3) is 1.80. The van der Waals surface area contributed by atoms with Crippen molar-refractivity contribution in [3.8, 4) is 5.75 Å². The van der Waals surface area contributed by atoms with Crippen LogP contribution in [0.5, 0.6) is 5.75 Å². The third-order valence-corrected chi connectivity index (χ3v) is 11.9. The van der Waals surface area contributed by atoms with Gasteiger partial charge in [0.25, 0.3) is 0 Å². The van der Waals surface area contributed by atoms with E-state index in [0.29, 0.717) is 23.7 Å². The van der Waals surface area contributed by atoms with Crippen LogP contribution < -0.4 is 4.74 Å². The average molecular weight is 464 g/mol. The van der Waals surface area contributed by atoms with Gasteiger partial charge in [0.2, 0.25) is 0 Å². The number of hydrogen-bond acceptors (Lipinski definition) is 6. The van der Waals surface area contributed by atoms with E-state index in [9.17, 15) is 15.0 Å². The summed E-state index contributed by atoms with van der Waals surface area (Å²) in [7, 11) is 1.60. The first kappa shape index (κ1) is 20.3. The number of carbonyl (C=O) groups excluding carboxylic acids is 1. The predicted octanol–water partition coefficient (Wildman–Crippen LogP) is 2.99. The molecule has 6 saturated carbocycles. The smallest absolute Gasteiger partial charge is 0.338 e. The number of esters is 1. The van der Waals surface area contributed by atoms with Gasteiger partial charge in [0.05, 0.1) is 18.8 Å². The maximum absolute atomic E-state index is 13.3. The number of fused-ring (bicyclic) bond motifs is 1. The van der Waals surface area contributed by atoms with Crippen LogP contribution in [0.3, 0.4) is 0 Å². The SMILES string of the molecule is C=C1[C@H]2C[C@@H]3[C@H]4N5C[C@]6(C)CCC[C@]47[C@H]([C@H]2O)[C@]3(C[C@@]5(O)[C@H]67)[C@@H]1OC(=O)c1ccc(OC)cc1. The van der Waals surface area contributed by atoms with Crippen molar-refractivity contribution in [1.82, 2.24) is 4.90 Å². The summed E-state index contributed by atoms with van der Waals surface area (Å²) in [5.41, 5.74) is 0.0770. The molecular formula is C28H33NO5. The molecule has 3 saturated heterocycles. The Bertz CT molecular complexity index is 1150. The molecule has 2 N–H and O–H groups in total. The summed E-state index contributed by atoms with van der Waals surface area (Å²) in [6.45, 7) is 7.72. The van der Waals surface area contributed by atoms with Crippen LogP contribution in [0.4, 0.5) is 0 Å². The molecule has 6 nitrogen and oxygen atoms in total. The molecule has 1 aromatic carbocycles. The lowest BCUT2D eigenvalue weighted by molar-refractivity contribution is -0.271. The van der Waals surface area contributed by atoms with E-state index in [4.69, 9.17) is 9.47 Å². The van der Waals surface area contributed by atoms with E-state index in [0.717, 1.165) is 37.8 Å². The topological polar surface area (TPSA) is 79.2 Å². The average Bonchev–Trinajstić information content (AvgIpc) is 3.18. The van der Waals surface area contributed by atoms with Gasteiger partial charge in [0.1, 0.15) is 17.6 Å². The van der Waals surface area contributed by atoms with Crippen LogP contribution in [0.15, 0.2) is 36.4 Å². The zero-order valence-electron chi connectivity index (χ0n) is 19.9. The summed E-state index contributed by atoms with van der Waals surface area (Å²) in [6, 6.07) is 7.29. The van der Waals surface area contributed by atoms with Crippen LogP contribution in [0.2, 0.25) is 0 Å². The molecule has 3 heterocycles. The van der Waals surface area contributed by atoms with Crippen LogP contribution in [-0.2, 0) is 4.74 Å². The van der Waals surface area contributed by atoms with E-state index in [2.05, 4.69) is 18.4 Å². The van der Waals surface area contributed by atoms with E-state index in [-0.39, 0.29) is 40.6 Å². The highest BCUT2D eigenvalue weighted by atomic mass is 16.5. The molecule has 1 unspecified atom stereocenters. The zero-order chi connectivity index (χ0) is 23.4. The summed E-state index contributed by atoms with van der Waals surface area (Å²) in [5, 5.41) is 24.1. The zero-order valence-corrected chi connectivity index (χ0v) is 19.9. The van der Waals surface area contributed by atoms with Crippen LogP contribution in [0.1, 0.15) is 49.4 Å². The van der Waals surface area contributed by atoms with Gasteiger partial charge >= 0.3 is 5.97 Å². The molecule has 34 heavy (non-hydrogen) atoms. The fraction of sp³-hybridized carbons (Fsp3) is 0.679. The Morgan fingerprint density at radius 3 is 2.71 bits per heavy atom. The molecule has 0 amide bonds. The summed E-state index contributed by atoms with van der Waals surface area (Å²) >= 11 is 0. The summed E-state index contributed by atoms with van der Waals surface area (Å²) in [6.07, 6.45) is 3.93. The highest BCUT2D eigenvalue weighted by Crippen LogP contribution is 2.89. The number of carbonyl (C=O) groups is 1. The second-order valence-electron chi connectivity index (χ2n) is 12.8. The summed E-state index contributed by atoms with van der Waals surface area (Å²) in [5.74, 6) is 0.888. The van der Waals surface area contributed by atoms with Crippen molar-refractivity contribution < 1.29 is 24.5 Å². The van der Waals surface area contributed by atoms with Gasteiger partial charge in [-0.15, -0.1) is 0 Å². The number of aliphatic hydroxyl groups excluding tert-OH is 1. The minimum absolute atomic E-state index is 0.0366. The van der Waals surface area contributed by atoms with E-state index >= 15 is 0 Å². The van der Waals surface area contributed by atoms with Crippen molar-refractivity contribution in [2.75, 3.05) is 13.7 Å². The number of hydrogen-bond donors (Lipinski definition) is 2. The summed E-state index contributed by atoms with van der Waals surface area (Å²) < 4.78 is 11.6. The monoisotopic (exact) mass is 463 g/mol. The van der Waals surface area contributed by atoms with Crippen molar-refractivity contribution >= 4 is 5.97 Å². The van der Waals surface area contributed by atoms with Gasteiger partial charge < -0.3 is 19.7 Å². The van der Waals surface area contributed by atoms with Crippen LogP contribution >= 0.6 is 0 Å². The Hall–Kier alpha value is -1.89. The molecule has 9 fully saturated rings. The number of ether oxygens (including phenoxy) is 2. The van der Waals surface area contributed by atoms with Crippen molar-refractivity contribution in [3.05, 3.63) is 42.0 Å². The normalized spacial score (nSPS) is 56.8. The van der Waals surface area contributed by atoms with Crippen molar-refractivity contribution in [2.45, 2.75) is 63.0 Å². The fourth-order valence-electron chi connectivity index (χ4n) is 11.6. The fourth-order valence-corrected chi connectivity index (χ4v) is 11.6. The van der Waals surface area contributed by atoms with Crippen LogP contribution in [0, 0.1) is 39.9 Å². The Kier molecular flexibility index (Phi) is 3.43. The maximum atomic E-state index is 13.3. The lowest BCUT2D eigenvalue weighted by Gasteiger charge is -2.67. The molecule has 12 atom stereocenters. The minimum Gasteiger partial charge on any atom is -0.497 e. The molecule has 0 radical (unpaired) electrons. The van der Waals surface area contributed by atoms with Gasteiger partial charge in [-0.25, -0.2) is 4.79 Å². The van der Waals surface area contributed by atoms with Gasteiger partial charge in [-0.2, -0.15) is 0 Å². The Morgan fingerprint density at radius 2 is 1.97 bits per heavy atom. The molecule has 3 aliphatic heterocycles. The van der Waals surface area contributed by atoms with Gasteiger partial charge in [0, 0.05) is 42.2 Å². The largest absolute Gasteiger partial charge is 0.497 e. The first-order valence-electron chi connectivity index (χ1n) is 12.9. The highest BCUT2D eigenvalue weighted by molar-refractivity contribution is 5.90. The molecule has 2 spiro atoms. The van der Waals surface area contributed by atoms with E-state index in [1.54, 1.807) is 31.4 Å². The highest BCUT2D eigenvalue weighted by Gasteiger charge is 2.93. The Morgan fingerprint density at radius 1 is 1.21 bits per heavy atom.